The zero-order valence-corrected chi connectivity index (χ0v) is 16.7. The number of benzene rings is 1. The summed E-state index contributed by atoms with van der Waals surface area (Å²) < 4.78 is 5.49. The molecule has 0 saturated carbocycles. The summed E-state index contributed by atoms with van der Waals surface area (Å²) in [5, 5.41) is 4.05. The molecule has 2 rings (SSSR count). The monoisotopic (exact) mass is 400 g/mol. The van der Waals surface area contributed by atoms with Gasteiger partial charge in [-0.25, -0.2) is 9.97 Å². The molecule has 1 N–H and O–H groups in total. The van der Waals surface area contributed by atoms with Crippen LogP contribution in [0.15, 0.2) is 35.6 Å². The minimum atomic E-state index is 0.565. The van der Waals surface area contributed by atoms with E-state index in [0.717, 1.165) is 47.6 Å². The Morgan fingerprint density at radius 3 is 2.60 bits per heavy atom. The largest absolute Gasteiger partial charge is 0.496 e. The van der Waals surface area contributed by atoms with Gasteiger partial charge in [-0.15, -0.1) is 23.2 Å². The molecular weight excluding hydrogens is 379 g/mol. The van der Waals surface area contributed by atoms with E-state index < -0.39 is 0 Å². The Kier molecular flexibility index (Phi) is 8.61. The number of nitrogens with zero attached hydrogens (tertiary/aromatic N) is 3. The first-order valence-electron chi connectivity index (χ1n) is 7.85. The second-order valence-electron chi connectivity index (χ2n) is 5.23. The van der Waals surface area contributed by atoms with Gasteiger partial charge in [-0.05, 0) is 30.5 Å². The molecule has 136 valence electrons. The third-order valence-corrected chi connectivity index (χ3v) is 4.46. The Balaban J connectivity index is 2.20. The highest BCUT2D eigenvalue weighted by Crippen LogP contribution is 2.26. The number of hydrogen-bond donors (Lipinski definition) is 1. The molecule has 5 nitrogen and oxygen atoms in total. The second-order valence-corrected chi connectivity index (χ2v) is 6.76. The maximum Gasteiger partial charge on any atom is 0.189 e. The lowest BCUT2D eigenvalue weighted by atomic mass is 10.1. The molecule has 0 unspecified atom stereocenters. The van der Waals surface area contributed by atoms with Crippen molar-refractivity contribution in [2.45, 2.75) is 11.7 Å². The molecule has 1 aromatic carbocycles. The molecule has 1 aromatic heterocycles. The second kappa shape index (κ2) is 10.7. The van der Waals surface area contributed by atoms with E-state index >= 15 is 0 Å². The molecule has 0 spiro atoms. The van der Waals surface area contributed by atoms with Crippen LogP contribution in [0.3, 0.4) is 0 Å². The van der Waals surface area contributed by atoms with E-state index in [-0.39, 0.29) is 0 Å². The van der Waals surface area contributed by atoms with Gasteiger partial charge in [-0.1, -0.05) is 11.8 Å². The summed E-state index contributed by atoms with van der Waals surface area (Å²) in [6.07, 6.45) is 3.70. The van der Waals surface area contributed by atoms with Gasteiger partial charge < -0.3 is 10.1 Å². The van der Waals surface area contributed by atoms with Crippen molar-refractivity contribution in [1.29, 1.82) is 0 Å². The standard InChI is InChI=1S/C17H22Cl2N4OS/c1-24-15-4-3-14(21-16-5-8-20-17(22-16)25-2)11-13(15)12-23(9-6-18)10-7-19/h3-5,8,11H,6-7,9-10,12H2,1-2H3,(H,20,21,22). The van der Waals surface area contributed by atoms with Crippen LogP contribution >= 0.6 is 35.0 Å². The van der Waals surface area contributed by atoms with Gasteiger partial charge in [0.25, 0.3) is 0 Å². The van der Waals surface area contributed by atoms with Crippen LogP contribution in [0.1, 0.15) is 5.56 Å². The van der Waals surface area contributed by atoms with Gasteiger partial charge in [0.05, 0.1) is 7.11 Å². The summed E-state index contributed by atoms with van der Waals surface area (Å²) in [6.45, 7) is 2.27. The molecule has 2 aromatic rings. The third-order valence-electron chi connectivity index (χ3n) is 3.56. The van der Waals surface area contributed by atoms with Gasteiger partial charge in [0.2, 0.25) is 0 Å². The Bertz CT molecular complexity index is 669. The Morgan fingerprint density at radius 2 is 1.96 bits per heavy atom. The first-order valence-corrected chi connectivity index (χ1v) is 10.1. The lowest BCUT2D eigenvalue weighted by Crippen LogP contribution is -2.27. The first-order chi connectivity index (χ1) is 12.2. The van der Waals surface area contributed by atoms with Crippen LogP contribution in [0.5, 0.6) is 5.75 Å². The van der Waals surface area contributed by atoms with E-state index in [2.05, 4.69) is 26.3 Å². The predicted molar refractivity (Wildman–Crippen MR) is 107 cm³/mol. The summed E-state index contributed by atoms with van der Waals surface area (Å²) in [7, 11) is 1.68. The smallest absolute Gasteiger partial charge is 0.189 e. The number of ether oxygens (including phenoxy) is 1. The zero-order chi connectivity index (χ0) is 18.1. The highest BCUT2D eigenvalue weighted by atomic mass is 35.5. The molecule has 0 fully saturated rings. The van der Waals surface area contributed by atoms with Crippen LogP contribution in [0.25, 0.3) is 0 Å². The first kappa shape index (κ1) is 20.1. The lowest BCUT2D eigenvalue weighted by Gasteiger charge is -2.22. The van der Waals surface area contributed by atoms with E-state index in [1.54, 1.807) is 13.3 Å². The summed E-state index contributed by atoms with van der Waals surface area (Å²) in [4.78, 5) is 10.8. The number of nitrogens with one attached hydrogen (secondary N) is 1. The van der Waals surface area contributed by atoms with Gasteiger partial charge in [0.1, 0.15) is 11.6 Å². The van der Waals surface area contributed by atoms with Crippen molar-refractivity contribution >= 4 is 46.5 Å². The molecule has 0 saturated heterocycles. The summed E-state index contributed by atoms with van der Waals surface area (Å²) in [5.41, 5.74) is 2.01. The van der Waals surface area contributed by atoms with Crippen molar-refractivity contribution < 1.29 is 4.74 Å². The molecule has 25 heavy (non-hydrogen) atoms. The Labute approximate surface area is 163 Å². The molecule has 0 radical (unpaired) electrons. The SMILES string of the molecule is COc1ccc(Nc2ccnc(SC)n2)cc1CN(CCCl)CCCl. The average Bonchev–Trinajstić information content (AvgIpc) is 2.62. The Morgan fingerprint density at radius 1 is 1.20 bits per heavy atom. The van der Waals surface area contributed by atoms with Crippen molar-refractivity contribution in [3.05, 3.63) is 36.0 Å². The fourth-order valence-electron chi connectivity index (χ4n) is 2.39. The van der Waals surface area contributed by atoms with E-state index in [4.69, 9.17) is 27.9 Å². The average molecular weight is 401 g/mol. The number of methoxy groups -OCH3 is 1. The number of rotatable bonds is 10. The minimum Gasteiger partial charge on any atom is -0.496 e. The highest BCUT2D eigenvalue weighted by molar-refractivity contribution is 7.98. The van der Waals surface area contributed by atoms with Crippen molar-refractivity contribution in [3.63, 3.8) is 0 Å². The highest BCUT2D eigenvalue weighted by Gasteiger charge is 2.11. The van der Waals surface area contributed by atoms with Crippen molar-refractivity contribution in [2.75, 3.05) is 43.5 Å². The van der Waals surface area contributed by atoms with Gasteiger partial charge in [-0.3, -0.25) is 4.90 Å². The van der Waals surface area contributed by atoms with Crippen molar-refractivity contribution in [1.82, 2.24) is 14.9 Å². The van der Waals surface area contributed by atoms with Gasteiger partial charge in [0.15, 0.2) is 5.16 Å². The molecule has 0 amide bonds. The van der Waals surface area contributed by atoms with Crippen LogP contribution < -0.4 is 10.1 Å². The van der Waals surface area contributed by atoms with Crippen molar-refractivity contribution in [2.24, 2.45) is 0 Å². The fraction of sp³-hybridized carbons (Fsp3) is 0.412. The van der Waals surface area contributed by atoms with E-state index in [1.165, 1.54) is 11.8 Å². The van der Waals surface area contributed by atoms with E-state index in [9.17, 15) is 0 Å². The van der Waals surface area contributed by atoms with E-state index in [0.29, 0.717) is 11.8 Å². The molecule has 8 heteroatoms. The summed E-state index contributed by atoms with van der Waals surface area (Å²) in [5.74, 6) is 2.73. The quantitative estimate of drug-likeness (QED) is 0.365. The molecule has 0 aliphatic rings. The summed E-state index contributed by atoms with van der Waals surface area (Å²) >= 11 is 13.3. The number of thioether (sulfide) groups is 1. The van der Waals surface area contributed by atoms with Gasteiger partial charge in [0, 0.05) is 48.8 Å². The lowest BCUT2D eigenvalue weighted by molar-refractivity contribution is 0.292. The number of aromatic nitrogens is 2. The van der Waals surface area contributed by atoms with Crippen LogP contribution in [0.4, 0.5) is 11.5 Å². The maximum absolute atomic E-state index is 5.89. The minimum absolute atomic E-state index is 0.565. The van der Waals surface area contributed by atoms with Crippen LogP contribution in [-0.4, -0.2) is 53.1 Å². The van der Waals surface area contributed by atoms with Crippen molar-refractivity contribution in [3.8, 4) is 5.75 Å². The molecule has 0 aliphatic carbocycles. The number of alkyl halides is 2. The Hall–Kier alpha value is -1.21. The predicted octanol–water partition coefficient (Wildman–Crippen LogP) is 4.23. The van der Waals surface area contributed by atoms with Crippen LogP contribution in [-0.2, 0) is 6.54 Å². The molecule has 0 atom stereocenters. The molecule has 1 heterocycles. The molecule has 0 aliphatic heterocycles. The van der Waals surface area contributed by atoms with Gasteiger partial charge in [-0.2, -0.15) is 0 Å². The molecular formula is C17H22Cl2N4OS. The molecule has 0 bridgehead atoms. The zero-order valence-electron chi connectivity index (χ0n) is 14.3. The number of hydrogen-bond acceptors (Lipinski definition) is 6. The summed E-state index contributed by atoms with van der Waals surface area (Å²) in [6, 6.07) is 7.83. The number of halogens is 2. The maximum atomic E-state index is 5.89. The van der Waals surface area contributed by atoms with Crippen LogP contribution in [0.2, 0.25) is 0 Å². The normalized spacial score (nSPS) is 10.9. The van der Waals surface area contributed by atoms with E-state index in [1.807, 2.05) is 24.5 Å². The number of anilines is 2. The van der Waals surface area contributed by atoms with Crippen LogP contribution in [0, 0.1) is 0 Å². The van der Waals surface area contributed by atoms with Gasteiger partial charge >= 0.3 is 0 Å². The fourth-order valence-corrected chi connectivity index (χ4v) is 3.22. The third kappa shape index (κ3) is 6.22. The topological polar surface area (TPSA) is 50.3 Å².